The fourth-order valence-corrected chi connectivity index (χ4v) is 3.23. The van der Waals surface area contributed by atoms with Gasteiger partial charge in [0.25, 0.3) is 0 Å². The third-order valence-electron chi connectivity index (χ3n) is 3.49. The van der Waals surface area contributed by atoms with Crippen molar-refractivity contribution in [2.75, 3.05) is 7.05 Å². The number of halogens is 3. The first-order chi connectivity index (χ1) is 10.6. The minimum atomic E-state index is -5.13. The summed E-state index contributed by atoms with van der Waals surface area (Å²) >= 11 is 0. The van der Waals surface area contributed by atoms with Gasteiger partial charge in [-0.05, 0) is 24.6 Å². The molecule has 0 unspecified atom stereocenters. The number of nitrogens with zero attached hydrogens (tertiary/aromatic N) is 1. The van der Waals surface area contributed by atoms with Crippen LogP contribution >= 0.6 is 0 Å². The molecular weight excluding hydrogens is 326 g/mol. The highest BCUT2D eigenvalue weighted by Crippen LogP contribution is 2.18. The Morgan fingerprint density at radius 2 is 1.48 bits per heavy atom. The summed E-state index contributed by atoms with van der Waals surface area (Å²) in [6.45, 7) is -3.06. The molecule has 0 fully saturated rings. The van der Waals surface area contributed by atoms with Crippen molar-refractivity contribution in [3.05, 3.63) is 59.7 Å². The van der Waals surface area contributed by atoms with Crippen LogP contribution in [0.1, 0.15) is 11.1 Å². The van der Waals surface area contributed by atoms with Crippen molar-refractivity contribution in [3.63, 3.8) is 0 Å². The molecule has 3 nitrogen and oxygen atoms in total. The third kappa shape index (κ3) is 4.14. The average molecular weight is 342 g/mol. The van der Waals surface area contributed by atoms with Crippen LogP contribution in [0.2, 0.25) is 0 Å². The topological polar surface area (TPSA) is 37.4 Å². The van der Waals surface area contributed by atoms with Gasteiger partial charge in [0.15, 0.2) is 0 Å². The van der Waals surface area contributed by atoms with E-state index in [1.807, 2.05) is 31.2 Å². The second-order valence-electron chi connectivity index (χ2n) is 5.39. The van der Waals surface area contributed by atoms with Crippen LogP contribution < -0.4 is 5.46 Å². The first-order valence-corrected chi connectivity index (χ1v) is 8.36. The Balaban J connectivity index is 2.21. The van der Waals surface area contributed by atoms with Crippen LogP contribution in [-0.2, 0) is 16.6 Å². The molecule has 0 aliphatic carbocycles. The molecule has 0 heterocycles. The van der Waals surface area contributed by atoms with E-state index in [2.05, 4.69) is 0 Å². The van der Waals surface area contributed by atoms with Crippen LogP contribution in [0.5, 0.6) is 0 Å². The van der Waals surface area contributed by atoms with Crippen molar-refractivity contribution >= 4 is 22.5 Å². The Labute approximate surface area is 133 Å². The molecule has 23 heavy (non-hydrogen) atoms. The van der Waals surface area contributed by atoms with Gasteiger partial charge in [-0.2, -0.15) is 4.31 Å². The van der Waals surface area contributed by atoms with E-state index in [0.717, 1.165) is 39.7 Å². The Bertz CT molecular complexity index is 772. The van der Waals surface area contributed by atoms with Gasteiger partial charge < -0.3 is 12.9 Å². The van der Waals surface area contributed by atoms with Gasteiger partial charge in [0.1, 0.15) is 0 Å². The average Bonchev–Trinajstić information content (AvgIpc) is 2.48. The lowest BCUT2D eigenvalue weighted by Gasteiger charge is -2.19. The van der Waals surface area contributed by atoms with E-state index in [1.165, 1.54) is 7.05 Å². The van der Waals surface area contributed by atoms with Gasteiger partial charge in [-0.25, -0.2) is 8.42 Å². The van der Waals surface area contributed by atoms with Crippen molar-refractivity contribution in [2.45, 2.75) is 18.4 Å². The molecule has 0 aliphatic rings. The molecule has 0 aromatic heterocycles. The summed E-state index contributed by atoms with van der Waals surface area (Å²) in [5.74, 6) is 0. The van der Waals surface area contributed by atoms with Crippen molar-refractivity contribution < 1.29 is 21.4 Å². The zero-order chi connectivity index (χ0) is 17.3. The first kappa shape index (κ1) is 17.6. The van der Waals surface area contributed by atoms with E-state index < -0.39 is 22.5 Å². The standard InChI is InChI=1S/C15H16BF3NO2S/c1-12-3-5-13(6-4-12)11-20(2)23(21,22)15-9-7-14(8-10-15)16(17,18)19/h3-10H,11H2,1-2H3/q-1. The van der Waals surface area contributed by atoms with E-state index >= 15 is 0 Å². The normalized spacial score (nSPS) is 12.6. The molecule has 0 saturated heterocycles. The number of sulfonamides is 1. The van der Waals surface area contributed by atoms with Crippen molar-refractivity contribution in [1.29, 1.82) is 0 Å². The van der Waals surface area contributed by atoms with E-state index in [1.54, 1.807) is 0 Å². The minimum Gasteiger partial charge on any atom is -0.445 e. The number of hydrogen-bond acceptors (Lipinski definition) is 2. The summed E-state index contributed by atoms with van der Waals surface area (Å²) in [4.78, 5) is -0.157. The van der Waals surface area contributed by atoms with Gasteiger partial charge in [-0.3, -0.25) is 0 Å². The highest BCUT2D eigenvalue weighted by molar-refractivity contribution is 7.89. The highest BCUT2D eigenvalue weighted by Gasteiger charge is 2.27. The Morgan fingerprint density at radius 3 is 1.96 bits per heavy atom. The molecule has 0 radical (unpaired) electrons. The van der Waals surface area contributed by atoms with E-state index in [0.29, 0.717) is 0 Å². The molecule has 0 N–H and O–H groups in total. The second kappa shape index (κ2) is 6.37. The molecule has 0 saturated carbocycles. The van der Waals surface area contributed by atoms with Crippen molar-refractivity contribution in [2.24, 2.45) is 0 Å². The summed E-state index contributed by atoms with van der Waals surface area (Å²) in [6.07, 6.45) is 0. The summed E-state index contributed by atoms with van der Waals surface area (Å²) in [7, 11) is -2.44. The SMILES string of the molecule is Cc1ccc(CN(C)S(=O)(=O)c2ccc([B-](F)(F)F)cc2)cc1. The molecule has 0 aliphatic heterocycles. The quantitative estimate of drug-likeness (QED) is 0.784. The van der Waals surface area contributed by atoms with Gasteiger partial charge in [0.05, 0.1) is 4.90 Å². The monoisotopic (exact) mass is 342 g/mol. The lowest BCUT2D eigenvalue weighted by Crippen LogP contribution is -2.34. The number of hydrogen-bond donors (Lipinski definition) is 0. The van der Waals surface area contributed by atoms with Gasteiger partial charge in [-0.15, -0.1) is 5.46 Å². The Hall–Kier alpha value is -1.80. The van der Waals surface area contributed by atoms with Crippen LogP contribution in [0.25, 0.3) is 0 Å². The van der Waals surface area contributed by atoms with E-state index in [-0.39, 0.29) is 11.4 Å². The predicted octanol–water partition coefficient (Wildman–Crippen LogP) is 2.87. The third-order valence-corrected chi connectivity index (χ3v) is 5.31. The molecule has 2 aromatic rings. The molecule has 2 aromatic carbocycles. The lowest BCUT2D eigenvalue weighted by atomic mass is 9.80. The van der Waals surface area contributed by atoms with Gasteiger partial charge >= 0.3 is 6.98 Å². The maximum atomic E-state index is 12.6. The van der Waals surface area contributed by atoms with Crippen molar-refractivity contribution in [1.82, 2.24) is 4.31 Å². The lowest BCUT2D eigenvalue weighted by molar-refractivity contribution is 0.466. The number of rotatable bonds is 5. The van der Waals surface area contributed by atoms with Crippen LogP contribution in [0.3, 0.4) is 0 Å². The zero-order valence-electron chi connectivity index (χ0n) is 12.7. The second-order valence-corrected chi connectivity index (χ2v) is 7.44. The van der Waals surface area contributed by atoms with Gasteiger partial charge in [0, 0.05) is 13.6 Å². The summed E-state index contributed by atoms with van der Waals surface area (Å²) in [5.41, 5.74) is 1.05. The van der Waals surface area contributed by atoms with E-state index in [4.69, 9.17) is 0 Å². The molecule has 8 heteroatoms. The summed E-state index contributed by atoms with van der Waals surface area (Å²) < 4.78 is 63.7. The van der Waals surface area contributed by atoms with E-state index in [9.17, 15) is 21.4 Å². The van der Waals surface area contributed by atoms with Gasteiger partial charge in [0.2, 0.25) is 10.0 Å². The molecular formula is C15H16BF3NO2S-. The zero-order valence-corrected chi connectivity index (χ0v) is 13.5. The van der Waals surface area contributed by atoms with Crippen LogP contribution in [0.15, 0.2) is 53.4 Å². The minimum absolute atomic E-state index is 0.146. The molecule has 0 spiro atoms. The molecule has 124 valence electrons. The molecule has 0 atom stereocenters. The van der Waals surface area contributed by atoms with Crippen molar-refractivity contribution in [3.8, 4) is 0 Å². The highest BCUT2D eigenvalue weighted by atomic mass is 32.2. The molecule has 0 amide bonds. The molecule has 2 rings (SSSR count). The summed E-state index contributed by atoms with van der Waals surface area (Å²) in [5, 5.41) is 0. The maximum absolute atomic E-state index is 12.6. The Kier molecular flexibility index (Phi) is 4.86. The number of aryl methyl sites for hydroxylation is 1. The first-order valence-electron chi connectivity index (χ1n) is 6.92. The fraction of sp³-hybridized carbons (Fsp3) is 0.200. The van der Waals surface area contributed by atoms with Crippen LogP contribution in [0.4, 0.5) is 12.9 Å². The fourth-order valence-electron chi connectivity index (χ4n) is 2.07. The van der Waals surface area contributed by atoms with Crippen LogP contribution in [-0.4, -0.2) is 26.7 Å². The van der Waals surface area contributed by atoms with Gasteiger partial charge in [-0.1, -0.05) is 42.0 Å². The smallest absolute Gasteiger partial charge is 0.445 e. The predicted molar refractivity (Wildman–Crippen MR) is 85.0 cm³/mol. The van der Waals surface area contributed by atoms with Crippen LogP contribution in [0, 0.1) is 6.92 Å². The maximum Gasteiger partial charge on any atom is 0.509 e. The largest absolute Gasteiger partial charge is 0.509 e. The summed E-state index contributed by atoms with van der Waals surface area (Å²) in [6, 6.07) is 11.0. The number of benzene rings is 2. The molecule has 0 bridgehead atoms. The Morgan fingerprint density at radius 1 is 0.957 bits per heavy atom.